The van der Waals surface area contributed by atoms with E-state index in [-0.39, 0.29) is 5.91 Å². The monoisotopic (exact) mass is 371 g/mol. The topological polar surface area (TPSA) is 47.6 Å². The second-order valence-electron chi connectivity index (χ2n) is 7.81. The van der Waals surface area contributed by atoms with Crippen LogP contribution in [-0.4, -0.2) is 20.1 Å². The fourth-order valence-corrected chi connectivity index (χ4v) is 5.81. The lowest BCUT2D eigenvalue weighted by Gasteiger charge is -2.14. The van der Waals surface area contributed by atoms with Crippen molar-refractivity contribution >= 4 is 17.2 Å². The Morgan fingerprint density at radius 1 is 1.27 bits per heavy atom. The third-order valence-electron chi connectivity index (χ3n) is 6.18. The van der Waals surface area contributed by atoms with E-state index >= 15 is 0 Å². The molecule has 2 aliphatic carbocycles. The van der Waals surface area contributed by atoms with Gasteiger partial charge in [-0.3, -0.25) is 4.79 Å². The molecule has 1 heterocycles. The van der Waals surface area contributed by atoms with Crippen LogP contribution in [0.3, 0.4) is 0 Å². The summed E-state index contributed by atoms with van der Waals surface area (Å²) in [5.74, 6) is 2.80. The molecule has 26 heavy (non-hydrogen) atoms. The molecule has 0 spiro atoms. The maximum absolute atomic E-state index is 12.9. The molecule has 1 amide bonds. The van der Waals surface area contributed by atoms with E-state index in [4.69, 9.17) is 9.47 Å². The molecule has 138 valence electrons. The predicted molar refractivity (Wildman–Crippen MR) is 103 cm³/mol. The number of aryl methyl sites for hydroxylation is 1. The number of benzene rings is 1. The number of thiophene rings is 1. The van der Waals surface area contributed by atoms with Gasteiger partial charge in [0.2, 0.25) is 0 Å². The molecule has 1 aromatic heterocycles. The number of fused-ring (bicyclic) bond motifs is 3. The number of carbonyl (C=O) groups is 1. The van der Waals surface area contributed by atoms with Gasteiger partial charge in [-0.15, -0.1) is 11.3 Å². The molecule has 1 saturated carbocycles. The van der Waals surface area contributed by atoms with Crippen molar-refractivity contribution in [1.29, 1.82) is 0 Å². The predicted octanol–water partition coefficient (Wildman–Crippen LogP) is 4.30. The summed E-state index contributed by atoms with van der Waals surface area (Å²) < 4.78 is 10.8. The third-order valence-corrected chi connectivity index (χ3v) is 7.34. The summed E-state index contributed by atoms with van der Waals surface area (Å²) in [6, 6.07) is 5.64. The van der Waals surface area contributed by atoms with Crippen LogP contribution >= 0.6 is 11.3 Å². The highest BCUT2D eigenvalue weighted by atomic mass is 32.1. The fraction of sp³-hybridized carbons (Fsp3) is 0.476. The third kappa shape index (κ3) is 2.44. The average Bonchev–Trinajstić information content (AvgIpc) is 2.97. The van der Waals surface area contributed by atoms with Crippen molar-refractivity contribution in [1.82, 2.24) is 5.32 Å². The van der Waals surface area contributed by atoms with E-state index < -0.39 is 0 Å². The minimum absolute atomic E-state index is 0.00594. The van der Waals surface area contributed by atoms with E-state index in [1.54, 1.807) is 25.6 Å². The van der Waals surface area contributed by atoms with Crippen LogP contribution in [0.2, 0.25) is 0 Å². The zero-order chi connectivity index (χ0) is 18.6. The second kappa shape index (κ2) is 6.02. The van der Waals surface area contributed by atoms with Gasteiger partial charge >= 0.3 is 0 Å². The summed E-state index contributed by atoms with van der Waals surface area (Å²) in [5.41, 5.74) is 3.99. The van der Waals surface area contributed by atoms with Crippen molar-refractivity contribution in [3.8, 4) is 11.5 Å². The van der Waals surface area contributed by atoms with Crippen LogP contribution in [0, 0.1) is 18.3 Å². The molecule has 0 aliphatic heterocycles. The molecule has 4 nitrogen and oxygen atoms in total. The van der Waals surface area contributed by atoms with Crippen molar-refractivity contribution in [2.75, 3.05) is 14.2 Å². The Morgan fingerprint density at radius 2 is 1.92 bits per heavy atom. The number of carbonyl (C=O) groups excluding carboxylic acids is 1. The summed E-state index contributed by atoms with van der Waals surface area (Å²) >= 11 is 1.64. The highest BCUT2D eigenvalue weighted by Gasteiger charge is 2.63. The Kier molecular flexibility index (Phi) is 4.03. The smallest absolute Gasteiger partial charge is 0.261 e. The van der Waals surface area contributed by atoms with Crippen molar-refractivity contribution in [3.05, 3.63) is 44.6 Å². The fourth-order valence-electron chi connectivity index (χ4n) is 4.67. The maximum Gasteiger partial charge on any atom is 0.261 e. The molecule has 4 rings (SSSR count). The molecule has 1 aromatic carbocycles. The van der Waals surface area contributed by atoms with Gasteiger partial charge in [0.15, 0.2) is 0 Å². The van der Waals surface area contributed by atoms with Gasteiger partial charge in [0.05, 0.1) is 31.2 Å². The van der Waals surface area contributed by atoms with Crippen LogP contribution in [0.4, 0.5) is 0 Å². The molecule has 2 aromatic rings. The highest BCUT2D eigenvalue weighted by Crippen LogP contribution is 2.71. The van der Waals surface area contributed by atoms with Crippen LogP contribution in [-0.2, 0) is 13.0 Å². The molecule has 5 heteroatoms. The molecular weight excluding hydrogens is 346 g/mol. The van der Waals surface area contributed by atoms with Crippen LogP contribution in [0.1, 0.15) is 51.0 Å². The Balaban J connectivity index is 1.55. The van der Waals surface area contributed by atoms with E-state index in [1.165, 1.54) is 16.0 Å². The molecule has 2 atom stereocenters. The van der Waals surface area contributed by atoms with Crippen molar-refractivity contribution in [2.24, 2.45) is 11.3 Å². The van der Waals surface area contributed by atoms with Gasteiger partial charge in [-0.25, -0.2) is 0 Å². The zero-order valence-electron chi connectivity index (χ0n) is 15.9. The normalized spacial score (nSPS) is 21.7. The van der Waals surface area contributed by atoms with Gasteiger partial charge in [0, 0.05) is 4.88 Å². The standard InChI is InChI=1S/C21H25NO3S/c1-11-17-12(9-14-18(17)21(14,2)3)19(26-11)20(23)22-10-13-15(24-4)7-6-8-16(13)25-5/h6-8,14,18H,9-10H2,1-5H3,(H,22,23)/t14-,18-/m1/s1. The van der Waals surface area contributed by atoms with Crippen LogP contribution < -0.4 is 14.8 Å². The molecule has 0 bridgehead atoms. The zero-order valence-corrected chi connectivity index (χ0v) is 16.8. The highest BCUT2D eigenvalue weighted by molar-refractivity contribution is 7.14. The number of amides is 1. The molecule has 1 N–H and O–H groups in total. The van der Waals surface area contributed by atoms with Gasteiger partial charge in [0.25, 0.3) is 5.91 Å². The van der Waals surface area contributed by atoms with Gasteiger partial charge in [-0.05, 0) is 53.9 Å². The van der Waals surface area contributed by atoms with Crippen molar-refractivity contribution < 1.29 is 14.3 Å². The van der Waals surface area contributed by atoms with E-state index in [0.29, 0.717) is 23.8 Å². The summed E-state index contributed by atoms with van der Waals surface area (Å²) in [7, 11) is 3.26. The lowest BCUT2D eigenvalue weighted by molar-refractivity contribution is 0.0953. The Morgan fingerprint density at radius 3 is 2.54 bits per heavy atom. The molecule has 0 unspecified atom stereocenters. The van der Waals surface area contributed by atoms with E-state index in [9.17, 15) is 4.79 Å². The number of nitrogens with one attached hydrogen (secondary N) is 1. The number of hydrogen-bond donors (Lipinski definition) is 1. The first-order valence-electron chi connectivity index (χ1n) is 9.00. The second-order valence-corrected chi connectivity index (χ2v) is 9.04. The summed E-state index contributed by atoms with van der Waals surface area (Å²) in [6.07, 6.45) is 1.04. The Labute approximate surface area is 158 Å². The SMILES string of the molecule is COc1cccc(OC)c1CNC(=O)c1sc(C)c2c1C[C@@H]1[C@H]2C1(C)C. The Bertz CT molecular complexity index is 861. The quantitative estimate of drug-likeness (QED) is 0.852. The molecule has 0 radical (unpaired) electrons. The first-order valence-corrected chi connectivity index (χ1v) is 9.82. The summed E-state index contributed by atoms with van der Waals surface area (Å²) in [5, 5.41) is 3.07. The first-order chi connectivity index (χ1) is 12.4. The van der Waals surface area contributed by atoms with Gasteiger partial charge in [0.1, 0.15) is 11.5 Å². The van der Waals surface area contributed by atoms with Crippen LogP contribution in [0.15, 0.2) is 18.2 Å². The lowest BCUT2D eigenvalue weighted by atomic mass is 9.95. The number of hydrogen-bond acceptors (Lipinski definition) is 4. The van der Waals surface area contributed by atoms with E-state index in [1.807, 2.05) is 18.2 Å². The first kappa shape index (κ1) is 17.4. The van der Waals surface area contributed by atoms with Crippen molar-refractivity contribution in [2.45, 2.75) is 39.7 Å². The summed E-state index contributed by atoms with van der Waals surface area (Å²) in [6.45, 7) is 7.22. The van der Waals surface area contributed by atoms with Crippen molar-refractivity contribution in [3.63, 3.8) is 0 Å². The van der Waals surface area contributed by atoms with E-state index in [0.717, 1.165) is 28.4 Å². The number of rotatable bonds is 5. The molecule has 1 fully saturated rings. The minimum atomic E-state index is 0.00594. The Hall–Kier alpha value is -2.01. The average molecular weight is 372 g/mol. The van der Waals surface area contributed by atoms with Gasteiger partial charge < -0.3 is 14.8 Å². The summed E-state index contributed by atoms with van der Waals surface area (Å²) in [4.78, 5) is 15.1. The van der Waals surface area contributed by atoms with E-state index in [2.05, 4.69) is 26.1 Å². The van der Waals surface area contributed by atoms with Gasteiger partial charge in [-0.1, -0.05) is 19.9 Å². The maximum atomic E-state index is 12.9. The minimum Gasteiger partial charge on any atom is -0.496 e. The van der Waals surface area contributed by atoms with Gasteiger partial charge in [-0.2, -0.15) is 0 Å². The lowest BCUT2D eigenvalue weighted by Crippen LogP contribution is -2.23. The molecular formula is C21H25NO3S. The largest absolute Gasteiger partial charge is 0.496 e. The van der Waals surface area contributed by atoms with Crippen LogP contribution in [0.25, 0.3) is 0 Å². The van der Waals surface area contributed by atoms with Crippen LogP contribution in [0.5, 0.6) is 11.5 Å². The number of ether oxygens (including phenoxy) is 2. The molecule has 0 saturated heterocycles. The molecule has 2 aliphatic rings. The number of methoxy groups -OCH3 is 2.